The van der Waals surface area contributed by atoms with Crippen LogP contribution >= 0.6 is 0 Å². The van der Waals surface area contributed by atoms with Crippen LogP contribution < -0.4 is 10.6 Å². The van der Waals surface area contributed by atoms with Gasteiger partial charge in [-0.3, -0.25) is 9.89 Å². The molecule has 2 heterocycles. The van der Waals surface area contributed by atoms with Gasteiger partial charge in [-0.05, 0) is 38.4 Å². The molecule has 1 aliphatic heterocycles. The number of rotatable bonds is 3. The lowest BCUT2D eigenvalue weighted by atomic mass is 9.99. The highest BCUT2D eigenvalue weighted by Gasteiger charge is 2.25. The summed E-state index contributed by atoms with van der Waals surface area (Å²) in [6.07, 6.45) is 3.41. The minimum absolute atomic E-state index is 0.0737. The number of amides is 1. The number of piperidine rings is 1. The van der Waals surface area contributed by atoms with Crippen molar-refractivity contribution < 1.29 is 9.18 Å². The van der Waals surface area contributed by atoms with Crippen molar-refractivity contribution in [3.05, 3.63) is 41.8 Å². The van der Waals surface area contributed by atoms with E-state index in [-0.39, 0.29) is 23.8 Å². The molecule has 1 fully saturated rings. The van der Waals surface area contributed by atoms with Crippen molar-refractivity contribution in [1.29, 1.82) is 0 Å². The molecule has 2 aromatic rings. The second-order valence-corrected chi connectivity index (χ2v) is 5.60. The maximum atomic E-state index is 13.9. The Bertz CT molecular complexity index is 670. The Morgan fingerprint density at radius 3 is 3.00 bits per heavy atom. The number of aromatic amines is 1. The van der Waals surface area contributed by atoms with Gasteiger partial charge in [-0.25, -0.2) is 4.39 Å². The third-order valence-corrected chi connectivity index (χ3v) is 4.11. The second kappa shape index (κ2) is 6.27. The minimum Gasteiger partial charge on any atom is -0.348 e. The van der Waals surface area contributed by atoms with Gasteiger partial charge in [-0.15, -0.1) is 0 Å². The summed E-state index contributed by atoms with van der Waals surface area (Å²) < 4.78 is 13.9. The summed E-state index contributed by atoms with van der Waals surface area (Å²) in [5.41, 5.74) is 1.12. The van der Waals surface area contributed by atoms with E-state index in [0.717, 1.165) is 19.4 Å². The molecule has 116 valence electrons. The predicted molar refractivity (Wildman–Crippen MR) is 81.9 cm³/mol. The van der Waals surface area contributed by atoms with Gasteiger partial charge in [0.15, 0.2) is 0 Å². The van der Waals surface area contributed by atoms with E-state index >= 15 is 0 Å². The lowest BCUT2D eigenvalue weighted by Crippen LogP contribution is -2.51. The molecule has 2 atom stereocenters. The molecular weight excluding hydrogens is 283 g/mol. The summed E-state index contributed by atoms with van der Waals surface area (Å²) in [6.45, 7) is 3.02. The van der Waals surface area contributed by atoms with Crippen molar-refractivity contribution in [2.24, 2.45) is 0 Å². The molecule has 1 saturated heterocycles. The number of nitrogens with zero attached hydrogens (tertiary/aromatic N) is 1. The average molecular weight is 302 g/mol. The van der Waals surface area contributed by atoms with Crippen LogP contribution in [0.15, 0.2) is 30.5 Å². The molecule has 0 aliphatic carbocycles. The first-order valence-corrected chi connectivity index (χ1v) is 7.49. The summed E-state index contributed by atoms with van der Waals surface area (Å²) in [4.78, 5) is 12.5. The smallest absolute Gasteiger partial charge is 0.255 e. The summed E-state index contributed by atoms with van der Waals surface area (Å²) >= 11 is 0. The Morgan fingerprint density at radius 2 is 2.23 bits per heavy atom. The van der Waals surface area contributed by atoms with Crippen LogP contribution in [0.3, 0.4) is 0 Å². The van der Waals surface area contributed by atoms with Gasteiger partial charge in [0.2, 0.25) is 0 Å². The molecule has 0 bridgehead atoms. The fourth-order valence-corrected chi connectivity index (χ4v) is 2.81. The van der Waals surface area contributed by atoms with Gasteiger partial charge in [-0.1, -0.05) is 12.1 Å². The van der Waals surface area contributed by atoms with Gasteiger partial charge in [0.05, 0.1) is 17.5 Å². The fraction of sp³-hybridized carbons (Fsp3) is 0.375. The van der Waals surface area contributed by atoms with Gasteiger partial charge in [0, 0.05) is 17.6 Å². The van der Waals surface area contributed by atoms with Gasteiger partial charge in [0.1, 0.15) is 5.82 Å². The monoisotopic (exact) mass is 302 g/mol. The van der Waals surface area contributed by atoms with E-state index in [1.807, 2.05) is 0 Å². The number of hydrogen-bond acceptors (Lipinski definition) is 3. The van der Waals surface area contributed by atoms with E-state index in [1.165, 1.54) is 12.3 Å². The Hall–Kier alpha value is -2.21. The quantitative estimate of drug-likeness (QED) is 0.813. The zero-order chi connectivity index (χ0) is 15.5. The molecule has 3 N–H and O–H groups in total. The van der Waals surface area contributed by atoms with E-state index in [4.69, 9.17) is 0 Å². The number of hydrogen-bond donors (Lipinski definition) is 3. The topological polar surface area (TPSA) is 69.8 Å². The molecule has 0 spiro atoms. The largest absolute Gasteiger partial charge is 0.348 e. The fourth-order valence-electron chi connectivity index (χ4n) is 2.81. The Kier molecular flexibility index (Phi) is 4.20. The van der Waals surface area contributed by atoms with Crippen molar-refractivity contribution in [2.45, 2.75) is 31.8 Å². The first-order chi connectivity index (χ1) is 10.7. The van der Waals surface area contributed by atoms with E-state index in [2.05, 4.69) is 27.8 Å². The van der Waals surface area contributed by atoms with Crippen LogP contribution in [0.4, 0.5) is 4.39 Å². The first-order valence-electron chi connectivity index (χ1n) is 7.49. The second-order valence-electron chi connectivity index (χ2n) is 5.60. The molecule has 22 heavy (non-hydrogen) atoms. The average Bonchev–Trinajstić information content (AvgIpc) is 2.99. The van der Waals surface area contributed by atoms with Crippen molar-refractivity contribution in [3.8, 4) is 11.3 Å². The molecule has 2 unspecified atom stereocenters. The van der Waals surface area contributed by atoms with Crippen molar-refractivity contribution in [1.82, 2.24) is 20.8 Å². The first kappa shape index (κ1) is 14.7. The predicted octanol–water partition coefficient (Wildman–Crippen LogP) is 2.09. The molecule has 0 radical (unpaired) electrons. The highest BCUT2D eigenvalue weighted by atomic mass is 19.1. The van der Waals surface area contributed by atoms with Gasteiger partial charge < -0.3 is 10.6 Å². The number of carbonyl (C=O) groups is 1. The molecule has 1 aliphatic rings. The molecule has 1 aromatic carbocycles. The molecule has 6 heteroatoms. The molecule has 3 rings (SSSR count). The van der Waals surface area contributed by atoms with E-state index < -0.39 is 0 Å². The maximum absolute atomic E-state index is 13.9. The standard InChI is InChI=1S/C16H19FN4O/c1-10-14(7-4-8-18-10)20-16(22)12-9-19-21-15(12)11-5-2-3-6-13(11)17/h2-3,5-6,9-10,14,18H,4,7-8H2,1H3,(H,19,21)(H,20,22). The lowest BCUT2D eigenvalue weighted by Gasteiger charge is -2.30. The third-order valence-electron chi connectivity index (χ3n) is 4.11. The number of halogens is 1. The van der Waals surface area contributed by atoms with Crippen LogP contribution in [0.25, 0.3) is 11.3 Å². The van der Waals surface area contributed by atoms with Gasteiger partial charge >= 0.3 is 0 Å². The maximum Gasteiger partial charge on any atom is 0.255 e. The molecular formula is C16H19FN4O. The summed E-state index contributed by atoms with van der Waals surface area (Å²) in [5, 5.41) is 13.0. The minimum atomic E-state index is -0.381. The summed E-state index contributed by atoms with van der Waals surface area (Å²) in [6, 6.07) is 6.64. The van der Waals surface area contributed by atoms with Crippen molar-refractivity contribution in [2.75, 3.05) is 6.54 Å². The highest BCUT2D eigenvalue weighted by molar-refractivity contribution is 6.00. The number of nitrogens with one attached hydrogen (secondary N) is 3. The Labute approximate surface area is 128 Å². The normalized spacial score (nSPS) is 21.5. The van der Waals surface area contributed by atoms with Crippen LogP contribution in [-0.2, 0) is 0 Å². The van der Waals surface area contributed by atoms with E-state index in [0.29, 0.717) is 16.8 Å². The van der Waals surface area contributed by atoms with E-state index in [9.17, 15) is 9.18 Å². The Morgan fingerprint density at radius 1 is 1.41 bits per heavy atom. The van der Waals surface area contributed by atoms with Crippen LogP contribution in [0.5, 0.6) is 0 Å². The lowest BCUT2D eigenvalue weighted by molar-refractivity contribution is 0.0920. The van der Waals surface area contributed by atoms with Crippen LogP contribution in [0, 0.1) is 5.82 Å². The molecule has 1 aromatic heterocycles. The number of aromatic nitrogens is 2. The number of H-pyrrole nitrogens is 1. The van der Waals surface area contributed by atoms with Crippen LogP contribution in [0.1, 0.15) is 30.1 Å². The third kappa shape index (κ3) is 2.87. The zero-order valence-corrected chi connectivity index (χ0v) is 12.4. The zero-order valence-electron chi connectivity index (χ0n) is 12.4. The number of carbonyl (C=O) groups excluding carboxylic acids is 1. The van der Waals surface area contributed by atoms with Crippen molar-refractivity contribution in [3.63, 3.8) is 0 Å². The summed E-state index contributed by atoms with van der Waals surface area (Å²) in [5.74, 6) is -0.610. The number of benzene rings is 1. The molecule has 0 saturated carbocycles. The summed E-state index contributed by atoms with van der Waals surface area (Å²) in [7, 11) is 0. The van der Waals surface area contributed by atoms with Gasteiger partial charge in [0.25, 0.3) is 5.91 Å². The molecule has 5 nitrogen and oxygen atoms in total. The SMILES string of the molecule is CC1NCCCC1NC(=O)c1cn[nH]c1-c1ccccc1F. The highest BCUT2D eigenvalue weighted by Crippen LogP contribution is 2.24. The van der Waals surface area contributed by atoms with Crippen molar-refractivity contribution >= 4 is 5.91 Å². The Balaban J connectivity index is 1.82. The van der Waals surface area contributed by atoms with Crippen LogP contribution in [0.2, 0.25) is 0 Å². The van der Waals surface area contributed by atoms with E-state index in [1.54, 1.807) is 18.2 Å². The van der Waals surface area contributed by atoms with Crippen LogP contribution in [-0.4, -0.2) is 34.7 Å². The van der Waals surface area contributed by atoms with Gasteiger partial charge in [-0.2, -0.15) is 5.10 Å². The molecule has 1 amide bonds.